The summed E-state index contributed by atoms with van der Waals surface area (Å²) in [5.74, 6) is 0. The Balaban J connectivity index is 1.61. The number of ether oxygens (including phenoxy) is 2. The molecular weight excluding hydrogens is 360 g/mol. The minimum atomic E-state index is 0.372. The van der Waals surface area contributed by atoms with Gasteiger partial charge in [-0.15, -0.1) is 13.2 Å². The predicted molar refractivity (Wildman–Crippen MR) is 122 cm³/mol. The van der Waals surface area contributed by atoms with Crippen LogP contribution in [0.2, 0.25) is 0 Å². The van der Waals surface area contributed by atoms with Crippen LogP contribution in [0.3, 0.4) is 0 Å². The lowest BCUT2D eigenvalue weighted by Crippen LogP contribution is -2.27. The molecule has 1 heterocycles. The van der Waals surface area contributed by atoms with Gasteiger partial charge < -0.3 is 19.3 Å². The molecule has 3 rings (SSSR count). The molecule has 1 atom stereocenters. The zero-order chi connectivity index (χ0) is 20.5. The first kappa shape index (κ1) is 21.2. The molecule has 0 spiro atoms. The second-order valence-corrected chi connectivity index (χ2v) is 7.29. The summed E-state index contributed by atoms with van der Waals surface area (Å²) in [7, 11) is 0. The van der Waals surface area contributed by atoms with Crippen LogP contribution in [0.25, 0.3) is 0 Å². The highest BCUT2D eigenvalue weighted by Crippen LogP contribution is 2.22. The van der Waals surface area contributed by atoms with Gasteiger partial charge in [0.15, 0.2) is 0 Å². The summed E-state index contributed by atoms with van der Waals surface area (Å²) in [6, 6.07) is 17.5. The van der Waals surface area contributed by atoms with E-state index in [4.69, 9.17) is 9.47 Å². The van der Waals surface area contributed by atoms with Crippen LogP contribution < -0.4 is 9.80 Å². The fourth-order valence-corrected chi connectivity index (χ4v) is 3.34. The highest BCUT2D eigenvalue weighted by molar-refractivity contribution is 5.51. The summed E-state index contributed by atoms with van der Waals surface area (Å²) in [5.41, 5.74) is 4.97. The molecule has 154 valence electrons. The van der Waals surface area contributed by atoms with Gasteiger partial charge in [0.2, 0.25) is 0 Å². The van der Waals surface area contributed by atoms with Crippen molar-refractivity contribution in [1.29, 1.82) is 0 Å². The number of nitrogens with zero attached hydrogens (tertiary/aromatic N) is 2. The molecule has 0 aromatic heterocycles. The third-order valence-electron chi connectivity index (χ3n) is 4.99. The number of anilines is 2. The second kappa shape index (κ2) is 10.8. The van der Waals surface area contributed by atoms with Crippen molar-refractivity contribution in [2.45, 2.75) is 19.4 Å². The van der Waals surface area contributed by atoms with E-state index in [1.54, 1.807) is 0 Å². The molecule has 0 bridgehead atoms. The van der Waals surface area contributed by atoms with Crippen molar-refractivity contribution in [2.24, 2.45) is 0 Å². The van der Waals surface area contributed by atoms with Crippen molar-refractivity contribution in [3.05, 3.63) is 85.0 Å². The molecule has 4 heteroatoms. The predicted octanol–water partition coefficient (Wildman–Crippen LogP) is 4.66. The molecule has 0 saturated carbocycles. The van der Waals surface area contributed by atoms with E-state index in [0.717, 1.165) is 38.3 Å². The summed E-state index contributed by atoms with van der Waals surface area (Å²) < 4.78 is 10.9. The van der Waals surface area contributed by atoms with Gasteiger partial charge in [-0.1, -0.05) is 36.4 Å². The molecule has 0 N–H and O–H groups in total. The fraction of sp³-hybridized carbons (Fsp3) is 0.360. The third kappa shape index (κ3) is 6.48. The summed E-state index contributed by atoms with van der Waals surface area (Å²) in [5, 5.41) is 0. The third-order valence-corrected chi connectivity index (χ3v) is 4.99. The van der Waals surface area contributed by atoms with Gasteiger partial charge >= 0.3 is 0 Å². The molecule has 1 saturated heterocycles. The van der Waals surface area contributed by atoms with Crippen molar-refractivity contribution in [2.75, 3.05) is 49.4 Å². The van der Waals surface area contributed by atoms with E-state index in [9.17, 15) is 0 Å². The highest BCUT2D eigenvalue weighted by Gasteiger charge is 2.25. The van der Waals surface area contributed by atoms with Gasteiger partial charge in [0.1, 0.15) is 6.73 Å². The van der Waals surface area contributed by atoms with Crippen molar-refractivity contribution in [3.8, 4) is 0 Å². The highest BCUT2D eigenvalue weighted by atomic mass is 16.6. The topological polar surface area (TPSA) is 28.2 Å². The Morgan fingerprint density at radius 1 is 0.931 bits per heavy atom. The van der Waals surface area contributed by atoms with Crippen LogP contribution >= 0.6 is 0 Å². The molecule has 1 fully saturated rings. The lowest BCUT2D eigenvalue weighted by atomic mass is 10.0. The molecule has 29 heavy (non-hydrogen) atoms. The van der Waals surface area contributed by atoms with E-state index >= 15 is 0 Å². The summed E-state index contributed by atoms with van der Waals surface area (Å²) >= 11 is 0. The smallest absolute Gasteiger partial charge is 0.119 e. The molecule has 1 aliphatic rings. The maximum atomic E-state index is 5.56. The van der Waals surface area contributed by atoms with Gasteiger partial charge in [0.05, 0.1) is 12.7 Å². The Morgan fingerprint density at radius 3 is 1.93 bits per heavy atom. The SMILES string of the molecule is C=CCN(COCC)c1ccc(Cc2ccc(N(CC=C)CC3CO3)cc2)cc1. The van der Waals surface area contributed by atoms with E-state index in [-0.39, 0.29) is 0 Å². The van der Waals surface area contributed by atoms with Crippen molar-refractivity contribution >= 4 is 11.4 Å². The normalized spacial score (nSPS) is 15.0. The summed E-state index contributed by atoms with van der Waals surface area (Å²) in [6.45, 7) is 14.4. The van der Waals surface area contributed by atoms with Crippen molar-refractivity contribution in [1.82, 2.24) is 0 Å². The Bertz CT molecular complexity index is 766. The molecule has 0 amide bonds. The molecule has 2 aromatic rings. The molecule has 2 aromatic carbocycles. The Kier molecular flexibility index (Phi) is 7.91. The van der Waals surface area contributed by atoms with Gasteiger partial charge in [-0.3, -0.25) is 0 Å². The van der Waals surface area contributed by atoms with Crippen LogP contribution in [-0.2, 0) is 15.9 Å². The van der Waals surface area contributed by atoms with E-state index in [1.165, 1.54) is 16.8 Å². The number of benzene rings is 2. The lowest BCUT2D eigenvalue weighted by Gasteiger charge is -2.23. The van der Waals surface area contributed by atoms with Crippen LogP contribution in [0.1, 0.15) is 18.1 Å². The average Bonchev–Trinajstić information content (AvgIpc) is 3.56. The molecule has 1 unspecified atom stereocenters. The molecule has 0 radical (unpaired) electrons. The van der Waals surface area contributed by atoms with E-state index < -0.39 is 0 Å². The quantitative estimate of drug-likeness (QED) is 0.282. The standard InChI is InChI=1S/C25H32N2O2/c1-4-15-26(18-25-19-29-25)23-11-7-21(8-12-23)17-22-9-13-24(14-10-22)27(16-5-2)20-28-6-3/h4-5,7-14,25H,1-2,6,15-20H2,3H3. The maximum absolute atomic E-state index is 5.56. The number of hydrogen-bond acceptors (Lipinski definition) is 4. The Morgan fingerprint density at radius 2 is 1.45 bits per heavy atom. The Hall–Kier alpha value is -2.56. The first-order valence-electron chi connectivity index (χ1n) is 10.3. The van der Waals surface area contributed by atoms with E-state index in [0.29, 0.717) is 19.4 Å². The van der Waals surface area contributed by atoms with Gasteiger partial charge in [-0.05, 0) is 48.7 Å². The van der Waals surface area contributed by atoms with Crippen LogP contribution in [0.4, 0.5) is 11.4 Å². The zero-order valence-corrected chi connectivity index (χ0v) is 17.4. The first-order chi connectivity index (χ1) is 14.2. The number of hydrogen-bond donors (Lipinski definition) is 0. The van der Waals surface area contributed by atoms with Gasteiger partial charge in [-0.25, -0.2) is 0 Å². The van der Waals surface area contributed by atoms with Crippen LogP contribution in [0, 0.1) is 0 Å². The van der Waals surface area contributed by atoms with Crippen LogP contribution in [0.15, 0.2) is 73.8 Å². The Labute approximate surface area is 175 Å². The average molecular weight is 393 g/mol. The van der Waals surface area contributed by atoms with E-state index in [2.05, 4.69) is 71.5 Å². The monoisotopic (exact) mass is 392 g/mol. The summed E-state index contributed by atoms with van der Waals surface area (Å²) in [6.07, 6.45) is 5.13. The molecule has 1 aliphatic heterocycles. The van der Waals surface area contributed by atoms with Crippen molar-refractivity contribution < 1.29 is 9.47 Å². The van der Waals surface area contributed by atoms with Crippen LogP contribution in [0.5, 0.6) is 0 Å². The summed E-state index contributed by atoms with van der Waals surface area (Å²) in [4.78, 5) is 4.49. The number of rotatable bonds is 13. The number of epoxide rings is 1. The molecule has 0 aliphatic carbocycles. The van der Waals surface area contributed by atoms with Crippen molar-refractivity contribution in [3.63, 3.8) is 0 Å². The van der Waals surface area contributed by atoms with Crippen LogP contribution in [-0.4, -0.2) is 45.7 Å². The lowest BCUT2D eigenvalue weighted by molar-refractivity contribution is 0.149. The maximum Gasteiger partial charge on any atom is 0.119 e. The minimum absolute atomic E-state index is 0.372. The molecular formula is C25H32N2O2. The largest absolute Gasteiger partial charge is 0.371 e. The van der Waals surface area contributed by atoms with Gasteiger partial charge in [0, 0.05) is 37.6 Å². The van der Waals surface area contributed by atoms with Gasteiger partial charge in [0.25, 0.3) is 0 Å². The van der Waals surface area contributed by atoms with Gasteiger partial charge in [-0.2, -0.15) is 0 Å². The second-order valence-electron chi connectivity index (χ2n) is 7.29. The minimum Gasteiger partial charge on any atom is -0.371 e. The first-order valence-corrected chi connectivity index (χ1v) is 10.3. The molecule has 4 nitrogen and oxygen atoms in total. The fourth-order valence-electron chi connectivity index (χ4n) is 3.34. The van der Waals surface area contributed by atoms with E-state index in [1.807, 2.05) is 19.1 Å². The zero-order valence-electron chi connectivity index (χ0n) is 17.4.